The summed E-state index contributed by atoms with van der Waals surface area (Å²) < 4.78 is 0. The van der Waals surface area contributed by atoms with Crippen LogP contribution in [0.5, 0.6) is 5.75 Å². The van der Waals surface area contributed by atoms with E-state index in [1.807, 2.05) is 0 Å². The topological polar surface area (TPSA) is 57.5 Å². The van der Waals surface area contributed by atoms with Crippen LogP contribution in [-0.2, 0) is 0 Å². The zero-order valence-electron chi connectivity index (χ0n) is 7.82. The third kappa shape index (κ3) is 3.10. The third-order valence-corrected chi connectivity index (χ3v) is 1.09. The van der Waals surface area contributed by atoms with E-state index in [1.165, 1.54) is 24.3 Å². The number of carboxylic acid groups (broad SMARTS) is 1. The fourth-order valence-corrected chi connectivity index (χ4v) is 0.639. The molecule has 0 aromatic heterocycles. The van der Waals surface area contributed by atoms with Crippen molar-refractivity contribution in [2.45, 2.75) is 0 Å². The van der Waals surface area contributed by atoms with Gasteiger partial charge in [-0.05, 0) is 18.2 Å². The fraction of sp³-hybridized carbons (Fsp3) is 0. The molecule has 0 fully saturated rings. The molecule has 1 aromatic rings. The molecule has 3 nitrogen and oxygen atoms in total. The Morgan fingerprint density at radius 3 is 2.45 bits per heavy atom. The molecule has 0 aliphatic carbocycles. The largest absolute Gasteiger partial charge is 2.00 e. The SMILES string of the molecule is O=C(O)c1cccc(O)c1.[Ca+2].[H-].[H-]. The van der Waals surface area contributed by atoms with Gasteiger partial charge in [0, 0.05) is 0 Å². The van der Waals surface area contributed by atoms with Gasteiger partial charge in [0.1, 0.15) is 5.75 Å². The van der Waals surface area contributed by atoms with Crippen LogP contribution in [0.3, 0.4) is 0 Å². The number of phenolic OH excluding ortho intramolecular Hbond substituents is 1. The van der Waals surface area contributed by atoms with Gasteiger partial charge < -0.3 is 13.1 Å². The molecule has 0 saturated carbocycles. The van der Waals surface area contributed by atoms with E-state index in [0.717, 1.165) is 0 Å². The van der Waals surface area contributed by atoms with Crippen LogP contribution < -0.4 is 0 Å². The van der Waals surface area contributed by atoms with Gasteiger partial charge in [-0.15, -0.1) is 0 Å². The second kappa shape index (κ2) is 4.59. The molecule has 4 heteroatoms. The molecule has 0 amide bonds. The average molecular weight is 180 g/mol. The molecular formula is C7H8CaO3. The summed E-state index contributed by atoms with van der Waals surface area (Å²) in [6.45, 7) is 0. The number of carboxylic acids is 1. The number of hydrogen-bond acceptors (Lipinski definition) is 2. The van der Waals surface area contributed by atoms with Crippen LogP contribution in [0.2, 0.25) is 0 Å². The van der Waals surface area contributed by atoms with E-state index in [1.54, 1.807) is 0 Å². The Kier molecular flexibility index (Phi) is 4.49. The molecule has 56 valence electrons. The van der Waals surface area contributed by atoms with Crippen molar-refractivity contribution >= 4 is 43.7 Å². The molecule has 0 heterocycles. The van der Waals surface area contributed by atoms with Crippen LogP contribution >= 0.6 is 0 Å². The summed E-state index contributed by atoms with van der Waals surface area (Å²) in [5.74, 6) is -1.06. The Morgan fingerprint density at radius 1 is 1.45 bits per heavy atom. The standard InChI is InChI=1S/C7H6O3.Ca.2H/c8-6-3-1-2-5(4-6)7(9)10;;;/h1-4,8H,(H,9,10);;;/q;+2;2*-1. The van der Waals surface area contributed by atoms with Crippen molar-refractivity contribution in [1.82, 2.24) is 0 Å². The smallest absolute Gasteiger partial charge is 1.00 e. The molecule has 1 aromatic carbocycles. The molecule has 0 saturated heterocycles. The first-order chi connectivity index (χ1) is 4.70. The number of carbonyl (C=O) groups is 1. The molecule has 11 heavy (non-hydrogen) atoms. The van der Waals surface area contributed by atoms with Crippen molar-refractivity contribution in [2.75, 3.05) is 0 Å². The van der Waals surface area contributed by atoms with Crippen molar-refractivity contribution in [1.29, 1.82) is 0 Å². The van der Waals surface area contributed by atoms with Gasteiger partial charge in [0.05, 0.1) is 5.56 Å². The predicted molar refractivity (Wildman–Crippen MR) is 43.0 cm³/mol. The molecule has 0 atom stereocenters. The number of rotatable bonds is 1. The first-order valence-electron chi connectivity index (χ1n) is 2.72. The second-order valence-electron chi connectivity index (χ2n) is 1.86. The fourth-order valence-electron chi connectivity index (χ4n) is 0.639. The normalized spacial score (nSPS) is 8.36. The molecule has 0 bridgehead atoms. The summed E-state index contributed by atoms with van der Waals surface area (Å²) in [7, 11) is 0. The minimum absolute atomic E-state index is 0. The molecule has 0 aliphatic heterocycles. The number of hydrogen-bond donors (Lipinski definition) is 2. The van der Waals surface area contributed by atoms with Crippen LogP contribution in [0.25, 0.3) is 0 Å². The van der Waals surface area contributed by atoms with E-state index in [9.17, 15) is 4.79 Å². The minimum Gasteiger partial charge on any atom is -1.00 e. The Labute approximate surface area is 96.6 Å². The zero-order valence-corrected chi connectivity index (χ0v) is 8.03. The van der Waals surface area contributed by atoms with Gasteiger partial charge in [0.2, 0.25) is 0 Å². The van der Waals surface area contributed by atoms with Crippen LogP contribution in [-0.4, -0.2) is 53.9 Å². The molecule has 0 spiro atoms. The van der Waals surface area contributed by atoms with E-state index in [4.69, 9.17) is 10.2 Å². The van der Waals surface area contributed by atoms with Gasteiger partial charge in [-0.2, -0.15) is 0 Å². The van der Waals surface area contributed by atoms with Gasteiger partial charge in [-0.1, -0.05) is 6.07 Å². The maximum Gasteiger partial charge on any atom is 2.00 e. The van der Waals surface area contributed by atoms with Crippen molar-refractivity contribution in [3.63, 3.8) is 0 Å². The Hall–Kier alpha value is -0.250. The number of aromatic hydroxyl groups is 1. The van der Waals surface area contributed by atoms with Gasteiger partial charge in [-0.25, -0.2) is 4.79 Å². The summed E-state index contributed by atoms with van der Waals surface area (Å²) in [5, 5.41) is 17.2. The molecule has 0 aliphatic rings. The van der Waals surface area contributed by atoms with Gasteiger partial charge in [0.25, 0.3) is 0 Å². The Balaban J connectivity index is -0.000000333. The Bertz CT molecular complexity index is 268. The number of aromatic carboxylic acids is 1. The summed E-state index contributed by atoms with van der Waals surface area (Å²) in [4.78, 5) is 10.2. The van der Waals surface area contributed by atoms with Crippen LogP contribution in [0.4, 0.5) is 0 Å². The van der Waals surface area contributed by atoms with Crippen LogP contribution in [0, 0.1) is 0 Å². The zero-order chi connectivity index (χ0) is 7.56. The first kappa shape index (κ1) is 10.7. The van der Waals surface area contributed by atoms with E-state index in [0.29, 0.717) is 0 Å². The molecular weight excluding hydrogens is 172 g/mol. The summed E-state index contributed by atoms with van der Waals surface area (Å²) in [6, 6.07) is 5.52. The number of benzene rings is 1. The van der Waals surface area contributed by atoms with E-state index in [2.05, 4.69) is 0 Å². The predicted octanol–water partition coefficient (Wildman–Crippen LogP) is 0.935. The third-order valence-electron chi connectivity index (χ3n) is 1.09. The summed E-state index contributed by atoms with van der Waals surface area (Å²) >= 11 is 0. The van der Waals surface area contributed by atoms with Crippen molar-refractivity contribution < 1.29 is 17.9 Å². The van der Waals surface area contributed by atoms with Gasteiger partial charge in [0.15, 0.2) is 0 Å². The number of phenols is 1. The monoisotopic (exact) mass is 180 g/mol. The second-order valence-corrected chi connectivity index (χ2v) is 1.86. The summed E-state index contributed by atoms with van der Waals surface area (Å²) in [5.41, 5.74) is 0.0972. The van der Waals surface area contributed by atoms with Crippen molar-refractivity contribution in [3.8, 4) is 5.75 Å². The molecule has 0 unspecified atom stereocenters. The maximum atomic E-state index is 10.2. The van der Waals surface area contributed by atoms with E-state index < -0.39 is 5.97 Å². The first-order valence-corrected chi connectivity index (χ1v) is 2.72. The van der Waals surface area contributed by atoms with Crippen LogP contribution in [0.15, 0.2) is 24.3 Å². The molecule has 2 N–H and O–H groups in total. The maximum absolute atomic E-state index is 10.2. The van der Waals surface area contributed by atoms with Gasteiger partial charge in [-0.3, -0.25) is 0 Å². The van der Waals surface area contributed by atoms with E-state index in [-0.39, 0.29) is 51.9 Å². The summed E-state index contributed by atoms with van der Waals surface area (Å²) in [6.07, 6.45) is 0. The quantitative estimate of drug-likeness (QED) is 0.632. The Morgan fingerprint density at radius 2 is 2.09 bits per heavy atom. The van der Waals surface area contributed by atoms with Gasteiger partial charge >= 0.3 is 43.7 Å². The molecule has 1 rings (SSSR count). The van der Waals surface area contributed by atoms with Crippen LogP contribution in [0.1, 0.15) is 13.2 Å². The van der Waals surface area contributed by atoms with Crippen molar-refractivity contribution in [2.24, 2.45) is 0 Å². The van der Waals surface area contributed by atoms with E-state index >= 15 is 0 Å². The minimum atomic E-state index is -1.03. The molecule has 0 radical (unpaired) electrons. The van der Waals surface area contributed by atoms with Crippen molar-refractivity contribution in [3.05, 3.63) is 29.8 Å². The average Bonchev–Trinajstić information content (AvgIpc) is 1.88.